The number of hydrogen-bond acceptors (Lipinski definition) is 2. The number of hydrogen-bond donors (Lipinski definition) is 2. The quantitative estimate of drug-likeness (QED) is 0.762. The molecule has 1 unspecified atom stereocenters. The van der Waals surface area contributed by atoms with Crippen molar-refractivity contribution >= 4 is 27.0 Å². The van der Waals surface area contributed by atoms with Gasteiger partial charge in [0.2, 0.25) is 0 Å². The van der Waals surface area contributed by atoms with Crippen LogP contribution in [0.2, 0.25) is 0 Å². The van der Waals surface area contributed by atoms with E-state index in [-0.39, 0.29) is 0 Å². The Morgan fingerprint density at radius 2 is 1.83 bits per heavy atom. The van der Waals surface area contributed by atoms with Crippen molar-refractivity contribution < 1.29 is 5.11 Å². The van der Waals surface area contributed by atoms with E-state index in [0.29, 0.717) is 5.82 Å². The lowest BCUT2D eigenvalue weighted by atomic mass is 10.1. The summed E-state index contributed by atoms with van der Waals surface area (Å²) in [5.41, 5.74) is 2.57. The molecule has 0 saturated carbocycles. The number of imidazole rings is 1. The van der Waals surface area contributed by atoms with E-state index < -0.39 is 6.10 Å². The molecule has 3 aromatic rings. The Balaban J connectivity index is 2.07. The molecule has 90 valence electrons. The summed E-state index contributed by atoms with van der Waals surface area (Å²) in [5.74, 6) is 0.558. The zero-order valence-corrected chi connectivity index (χ0v) is 11.1. The smallest absolute Gasteiger partial charge is 0.140 e. The fourth-order valence-corrected chi connectivity index (χ4v) is 2.39. The fourth-order valence-electron chi connectivity index (χ4n) is 1.94. The fraction of sp³-hybridized carbons (Fsp3) is 0.0714. The molecule has 0 aliphatic rings. The first-order valence-electron chi connectivity index (χ1n) is 5.63. The van der Waals surface area contributed by atoms with Gasteiger partial charge in [-0.3, -0.25) is 0 Å². The third-order valence-electron chi connectivity index (χ3n) is 2.86. The molecule has 4 heteroatoms. The molecule has 0 saturated heterocycles. The highest BCUT2D eigenvalue weighted by Gasteiger charge is 2.15. The minimum Gasteiger partial charge on any atom is -0.380 e. The van der Waals surface area contributed by atoms with Gasteiger partial charge in [0, 0.05) is 4.47 Å². The number of halogens is 1. The van der Waals surface area contributed by atoms with Crippen LogP contribution in [0, 0.1) is 0 Å². The summed E-state index contributed by atoms with van der Waals surface area (Å²) in [4.78, 5) is 7.58. The molecule has 0 aliphatic carbocycles. The Bertz CT molecular complexity index is 679. The van der Waals surface area contributed by atoms with E-state index in [9.17, 15) is 5.11 Å². The monoisotopic (exact) mass is 302 g/mol. The second kappa shape index (κ2) is 4.55. The zero-order chi connectivity index (χ0) is 12.5. The number of benzene rings is 2. The summed E-state index contributed by atoms with van der Waals surface area (Å²) in [7, 11) is 0. The normalized spacial score (nSPS) is 12.8. The third kappa shape index (κ3) is 1.94. The van der Waals surface area contributed by atoms with Crippen LogP contribution in [-0.4, -0.2) is 15.1 Å². The largest absolute Gasteiger partial charge is 0.380 e. The molecule has 2 aromatic carbocycles. The maximum Gasteiger partial charge on any atom is 0.140 e. The summed E-state index contributed by atoms with van der Waals surface area (Å²) in [6.45, 7) is 0. The lowest BCUT2D eigenvalue weighted by Crippen LogP contribution is -2.01. The van der Waals surface area contributed by atoms with E-state index in [1.165, 1.54) is 0 Å². The van der Waals surface area contributed by atoms with Crippen LogP contribution in [0.3, 0.4) is 0 Å². The number of aromatic amines is 1. The van der Waals surface area contributed by atoms with Crippen molar-refractivity contribution in [1.82, 2.24) is 9.97 Å². The van der Waals surface area contributed by atoms with Gasteiger partial charge in [-0.1, -0.05) is 36.4 Å². The van der Waals surface area contributed by atoms with Crippen molar-refractivity contribution in [2.24, 2.45) is 0 Å². The van der Waals surface area contributed by atoms with Gasteiger partial charge in [0.25, 0.3) is 0 Å². The minimum absolute atomic E-state index is 0.558. The van der Waals surface area contributed by atoms with Crippen LogP contribution < -0.4 is 0 Å². The molecule has 18 heavy (non-hydrogen) atoms. The van der Waals surface area contributed by atoms with Gasteiger partial charge in [0.1, 0.15) is 17.4 Å². The number of nitrogens with zero attached hydrogens (tertiary/aromatic N) is 1. The Hall–Kier alpha value is -1.65. The minimum atomic E-state index is -0.731. The number of para-hydroxylation sites is 1. The predicted octanol–water partition coefficient (Wildman–Crippen LogP) is 3.41. The summed E-state index contributed by atoms with van der Waals surface area (Å²) in [6.07, 6.45) is -0.731. The maximum atomic E-state index is 10.3. The van der Waals surface area contributed by atoms with Gasteiger partial charge in [-0.2, -0.15) is 0 Å². The molecule has 0 fully saturated rings. The molecular formula is C14H11BrN2O. The number of rotatable bonds is 2. The van der Waals surface area contributed by atoms with E-state index in [0.717, 1.165) is 21.1 Å². The van der Waals surface area contributed by atoms with Gasteiger partial charge in [-0.05, 0) is 33.6 Å². The van der Waals surface area contributed by atoms with Crippen LogP contribution in [0.1, 0.15) is 17.5 Å². The van der Waals surface area contributed by atoms with Gasteiger partial charge < -0.3 is 10.1 Å². The third-order valence-corrected chi connectivity index (χ3v) is 3.50. The van der Waals surface area contributed by atoms with Gasteiger partial charge in [-0.15, -0.1) is 0 Å². The molecule has 1 atom stereocenters. The molecule has 1 heterocycles. The van der Waals surface area contributed by atoms with Crippen LogP contribution in [0.25, 0.3) is 11.0 Å². The molecule has 2 N–H and O–H groups in total. The molecule has 3 nitrogen and oxygen atoms in total. The first-order valence-corrected chi connectivity index (χ1v) is 6.42. The van der Waals surface area contributed by atoms with E-state index in [1.54, 1.807) is 0 Å². The lowest BCUT2D eigenvalue weighted by molar-refractivity contribution is 0.211. The highest BCUT2D eigenvalue weighted by Crippen LogP contribution is 2.26. The summed E-state index contributed by atoms with van der Waals surface area (Å²) >= 11 is 3.45. The van der Waals surface area contributed by atoms with Gasteiger partial charge in [-0.25, -0.2) is 4.98 Å². The van der Waals surface area contributed by atoms with E-state index in [1.807, 2.05) is 48.5 Å². The van der Waals surface area contributed by atoms with Crippen LogP contribution in [0.4, 0.5) is 0 Å². The second-order valence-corrected chi connectivity index (χ2v) is 4.93. The molecule has 0 spiro atoms. The zero-order valence-electron chi connectivity index (χ0n) is 9.47. The Morgan fingerprint density at radius 3 is 2.56 bits per heavy atom. The molecule has 0 amide bonds. The predicted molar refractivity (Wildman–Crippen MR) is 74.3 cm³/mol. The molecule has 1 aromatic heterocycles. The highest BCUT2D eigenvalue weighted by molar-refractivity contribution is 9.10. The highest BCUT2D eigenvalue weighted by atomic mass is 79.9. The second-order valence-electron chi connectivity index (χ2n) is 4.07. The van der Waals surface area contributed by atoms with Crippen LogP contribution in [-0.2, 0) is 0 Å². The van der Waals surface area contributed by atoms with Crippen molar-refractivity contribution in [3.8, 4) is 0 Å². The number of aliphatic hydroxyl groups is 1. The number of aliphatic hydroxyl groups excluding tert-OH is 1. The van der Waals surface area contributed by atoms with Gasteiger partial charge in [0.15, 0.2) is 0 Å². The van der Waals surface area contributed by atoms with E-state index in [2.05, 4.69) is 25.9 Å². The molecule has 0 aliphatic heterocycles. The summed E-state index contributed by atoms with van der Waals surface area (Å²) < 4.78 is 0.919. The number of fused-ring (bicyclic) bond motifs is 1. The topological polar surface area (TPSA) is 48.9 Å². The summed E-state index contributed by atoms with van der Waals surface area (Å²) in [6, 6.07) is 15.3. The van der Waals surface area contributed by atoms with E-state index >= 15 is 0 Å². The van der Waals surface area contributed by atoms with E-state index in [4.69, 9.17) is 0 Å². The molecule has 3 rings (SSSR count). The lowest BCUT2D eigenvalue weighted by Gasteiger charge is -2.06. The SMILES string of the molecule is OC(c1ccccc1)c1nc2c(Br)cccc2[nH]1. The van der Waals surface area contributed by atoms with Crippen LogP contribution >= 0.6 is 15.9 Å². The van der Waals surface area contributed by atoms with Crippen molar-refractivity contribution in [2.45, 2.75) is 6.10 Å². The Kier molecular flexibility index (Phi) is 2.89. The van der Waals surface area contributed by atoms with Gasteiger partial charge >= 0.3 is 0 Å². The molecular weight excluding hydrogens is 292 g/mol. The molecule has 0 bridgehead atoms. The average molecular weight is 303 g/mol. The molecule has 0 radical (unpaired) electrons. The van der Waals surface area contributed by atoms with Crippen molar-refractivity contribution in [1.29, 1.82) is 0 Å². The first-order chi connectivity index (χ1) is 8.75. The van der Waals surface area contributed by atoms with Gasteiger partial charge in [0.05, 0.1) is 5.52 Å². The Labute approximate surface area is 113 Å². The Morgan fingerprint density at radius 1 is 1.06 bits per heavy atom. The van der Waals surface area contributed by atoms with Crippen LogP contribution in [0.5, 0.6) is 0 Å². The van der Waals surface area contributed by atoms with Crippen molar-refractivity contribution in [3.05, 3.63) is 64.4 Å². The number of aromatic nitrogens is 2. The first kappa shape index (κ1) is 11.4. The van der Waals surface area contributed by atoms with Crippen molar-refractivity contribution in [3.63, 3.8) is 0 Å². The number of nitrogens with one attached hydrogen (secondary N) is 1. The maximum absolute atomic E-state index is 10.3. The standard InChI is InChI=1S/C14H11BrN2O/c15-10-7-4-8-11-12(10)17-14(16-11)13(18)9-5-2-1-3-6-9/h1-8,13,18H,(H,16,17). The van der Waals surface area contributed by atoms with Crippen molar-refractivity contribution in [2.75, 3.05) is 0 Å². The van der Waals surface area contributed by atoms with Crippen LogP contribution in [0.15, 0.2) is 53.0 Å². The average Bonchev–Trinajstić information content (AvgIpc) is 2.84. The number of H-pyrrole nitrogens is 1. The summed E-state index contributed by atoms with van der Waals surface area (Å²) in [5, 5.41) is 10.3.